The molecule has 0 aromatic heterocycles. The highest BCUT2D eigenvalue weighted by molar-refractivity contribution is 8.42. The molecule has 100 valence electrons. The molecule has 20 heavy (non-hydrogen) atoms. The molecular weight excluding hydrogens is 363 g/mol. The third-order valence-corrected chi connectivity index (χ3v) is 11.7. The lowest BCUT2D eigenvalue weighted by Gasteiger charge is -2.08. The summed E-state index contributed by atoms with van der Waals surface area (Å²) >= 11 is 11.4. The van der Waals surface area contributed by atoms with Gasteiger partial charge in [0.2, 0.25) is 0 Å². The number of nitrogens with zero attached hydrogens (tertiary/aromatic N) is 1. The highest BCUT2D eigenvalue weighted by Gasteiger charge is 2.31. The molecule has 0 saturated heterocycles. The van der Waals surface area contributed by atoms with Crippen molar-refractivity contribution in [1.29, 1.82) is 5.26 Å². The number of thioether (sulfide) groups is 6. The van der Waals surface area contributed by atoms with Gasteiger partial charge in [0.25, 0.3) is 0 Å². The highest BCUT2D eigenvalue weighted by Crippen LogP contribution is 2.65. The van der Waals surface area contributed by atoms with Gasteiger partial charge < -0.3 is 0 Å². The van der Waals surface area contributed by atoms with E-state index >= 15 is 0 Å². The monoisotopic (exact) mass is 369 g/mol. The van der Waals surface area contributed by atoms with Crippen LogP contribution in [0.4, 0.5) is 0 Å². The molecule has 0 N–H and O–H groups in total. The minimum absolute atomic E-state index is 0.796. The number of hydrogen-bond acceptors (Lipinski definition) is 7. The molecule has 7 heteroatoms. The molecule has 3 heterocycles. The predicted molar refractivity (Wildman–Crippen MR) is 97.0 cm³/mol. The lowest BCUT2D eigenvalue weighted by Crippen LogP contribution is -1.88. The van der Waals surface area contributed by atoms with Crippen LogP contribution in [0.2, 0.25) is 0 Å². The van der Waals surface area contributed by atoms with E-state index < -0.39 is 0 Å². The van der Waals surface area contributed by atoms with Gasteiger partial charge in [-0.25, -0.2) is 0 Å². The maximum atomic E-state index is 9.21. The summed E-state index contributed by atoms with van der Waals surface area (Å²) in [7, 11) is 0. The van der Waals surface area contributed by atoms with Crippen LogP contribution in [0, 0.1) is 11.3 Å². The van der Waals surface area contributed by atoms with Crippen LogP contribution in [0.15, 0.2) is 44.9 Å². The van der Waals surface area contributed by atoms with Crippen molar-refractivity contribution < 1.29 is 0 Å². The Labute approximate surface area is 143 Å². The molecule has 0 spiro atoms. The normalized spacial score (nSPS) is 20.9. The summed E-state index contributed by atoms with van der Waals surface area (Å²) in [5.74, 6) is 2.44. The van der Waals surface area contributed by atoms with Crippen LogP contribution in [0.3, 0.4) is 0 Å². The SMILES string of the molecule is N#Cc1cccc2c1SC(=C1SC3=C(SCCS3)S1)S2. The van der Waals surface area contributed by atoms with Crippen LogP contribution in [0.5, 0.6) is 0 Å². The van der Waals surface area contributed by atoms with Crippen LogP contribution < -0.4 is 0 Å². The fourth-order valence-corrected chi connectivity index (χ4v) is 10.7. The van der Waals surface area contributed by atoms with Gasteiger partial charge in [-0.3, -0.25) is 0 Å². The van der Waals surface area contributed by atoms with Crippen LogP contribution in [-0.4, -0.2) is 11.5 Å². The van der Waals surface area contributed by atoms with Gasteiger partial charge >= 0.3 is 0 Å². The molecule has 3 aliphatic heterocycles. The summed E-state index contributed by atoms with van der Waals surface area (Å²) < 4.78 is 5.69. The van der Waals surface area contributed by atoms with Crippen molar-refractivity contribution in [3.63, 3.8) is 0 Å². The highest BCUT2D eigenvalue weighted by atomic mass is 32.3. The van der Waals surface area contributed by atoms with Crippen molar-refractivity contribution in [2.75, 3.05) is 11.5 Å². The smallest absolute Gasteiger partial charge is 0.100 e. The standard InChI is InChI=1S/C13H7NS6/c14-6-7-2-1-3-8-9(7)18-12(17-8)13-19-10-11(20-13)16-5-4-15-10/h1-3H,4-5H2. The summed E-state index contributed by atoms with van der Waals surface area (Å²) in [5.41, 5.74) is 0.796. The molecule has 1 aromatic carbocycles. The summed E-state index contributed by atoms with van der Waals surface area (Å²) in [6, 6.07) is 8.29. The molecule has 0 radical (unpaired) electrons. The largest absolute Gasteiger partial charge is 0.192 e. The van der Waals surface area contributed by atoms with Crippen molar-refractivity contribution in [3.05, 3.63) is 40.7 Å². The first kappa shape index (κ1) is 13.9. The van der Waals surface area contributed by atoms with E-state index in [0.29, 0.717) is 0 Å². The van der Waals surface area contributed by atoms with Gasteiger partial charge in [0.1, 0.15) is 6.07 Å². The van der Waals surface area contributed by atoms with E-state index in [9.17, 15) is 5.26 Å². The van der Waals surface area contributed by atoms with E-state index in [4.69, 9.17) is 0 Å². The van der Waals surface area contributed by atoms with E-state index in [1.807, 2.05) is 70.9 Å². The molecular formula is C13H7NS6. The number of fused-ring (bicyclic) bond motifs is 1. The minimum Gasteiger partial charge on any atom is -0.192 e. The van der Waals surface area contributed by atoms with Crippen molar-refractivity contribution in [2.45, 2.75) is 9.79 Å². The Kier molecular flexibility index (Phi) is 4.05. The molecule has 3 aliphatic rings. The number of hydrogen-bond donors (Lipinski definition) is 0. The average Bonchev–Trinajstić information content (AvgIpc) is 3.09. The van der Waals surface area contributed by atoms with Gasteiger partial charge in [0.15, 0.2) is 0 Å². The zero-order chi connectivity index (χ0) is 13.5. The number of benzene rings is 1. The third-order valence-electron chi connectivity index (χ3n) is 2.75. The zero-order valence-corrected chi connectivity index (χ0v) is 14.9. The quantitative estimate of drug-likeness (QED) is 0.555. The summed E-state index contributed by atoms with van der Waals surface area (Å²) in [6.07, 6.45) is 0. The summed E-state index contributed by atoms with van der Waals surface area (Å²) in [6.45, 7) is 0. The first-order valence-electron chi connectivity index (χ1n) is 5.84. The molecule has 0 saturated carbocycles. The van der Waals surface area contributed by atoms with Gasteiger partial charge in [0.05, 0.1) is 22.5 Å². The fourth-order valence-electron chi connectivity index (χ4n) is 1.89. The molecule has 0 atom stereocenters. The van der Waals surface area contributed by atoms with Gasteiger partial charge in [-0.2, -0.15) is 5.26 Å². The summed E-state index contributed by atoms with van der Waals surface area (Å²) in [5, 5.41) is 9.21. The second-order valence-electron chi connectivity index (χ2n) is 4.00. The van der Waals surface area contributed by atoms with Crippen LogP contribution in [-0.2, 0) is 0 Å². The van der Waals surface area contributed by atoms with E-state index in [2.05, 4.69) is 12.1 Å². The van der Waals surface area contributed by atoms with Gasteiger partial charge in [-0.1, -0.05) is 53.1 Å². The first-order valence-corrected chi connectivity index (χ1v) is 11.1. The zero-order valence-electron chi connectivity index (χ0n) is 10.0. The van der Waals surface area contributed by atoms with Crippen molar-refractivity contribution in [1.82, 2.24) is 0 Å². The molecule has 0 amide bonds. The van der Waals surface area contributed by atoms with Gasteiger partial charge in [-0.05, 0) is 12.1 Å². The predicted octanol–water partition coefficient (Wildman–Crippen LogP) is 5.97. The van der Waals surface area contributed by atoms with E-state index in [1.54, 1.807) is 11.8 Å². The molecule has 0 aliphatic carbocycles. The minimum atomic E-state index is 0.796. The second kappa shape index (κ2) is 5.82. The number of rotatable bonds is 0. The Morgan fingerprint density at radius 2 is 1.55 bits per heavy atom. The molecule has 0 unspecified atom stereocenters. The third kappa shape index (κ3) is 2.44. The molecule has 4 rings (SSSR count). The molecule has 1 nitrogen and oxygen atoms in total. The maximum absolute atomic E-state index is 9.21. The number of nitriles is 1. The maximum Gasteiger partial charge on any atom is 0.100 e. The van der Waals surface area contributed by atoms with E-state index in [0.717, 1.165) is 10.5 Å². The average molecular weight is 370 g/mol. The molecule has 0 bridgehead atoms. The first-order chi connectivity index (χ1) is 9.85. The Balaban J connectivity index is 1.65. The fraction of sp³-hybridized carbons (Fsp3) is 0.154. The van der Waals surface area contributed by atoms with Crippen molar-refractivity contribution in [2.24, 2.45) is 0 Å². The van der Waals surface area contributed by atoms with Crippen molar-refractivity contribution in [3.8, 4) is 6.07 Å². The Hall–Kier alpha value is 0.290. The van der Waals surface area contributed by atoms with E-state index in [1.165, 1.54) is 33.3 Å². The lowest BCUT2D eigenvalue weighted by atomic mass is 10.2. The Morgan fingerprint density at radius 1 is 0.850 bits per heavy atom. The van der Waals surface area contributed by atoms with Crippen LogP contribution >= 0.6 is 70.6 Å². The van der Waals surface area contributed by atoms with Crippen molar-refractivity contribution >= 4 is 70.6 Å². The molecule has 1 aromatic rings. The second-order valence-corrected chi connectivity index (χ2v) is 11.4. The van der Waals surface area contributed by atoms with Gasteiger partial charge in [0, 0.05) is 21.3 Å². The Bertz CT molecular complexity index is 679. The topological polar surface area (TPSA) is 23.8 Å². The van der Waals surface area contributed by atoms with Crippen LogP contribution in [0.25, 0.3) is 0 Å². The molecule has 0 fully saturated rings. The lowest BCUT2D eigenvalue weighted by molar-refractivity contribution is 1.23. The Morgan fingerprint density at radius 3 is 2.25 bits per heavy atom. The van der Waals surface area contributed by atoms with E-state index in [-0.39, 0.29) is 0 Å². The summed E-state index contributed by atoms with van der Waals surface area (Å²) in [4.78, 5) is 2.36. The van der Waals surface area contributed by atoms with Gasteiger partial charge in [-0.15, -0.1) is 23.5 Å². The van der Waals surface area contributed by atoms with Crippen LogP contribution in [0.1, 0.15) is 5.56 Å².